The van der Waals surface area contributed by atoms with Crippen LogP contribution >= 0.6 is 0 Å². The average Bonchev–Trinajstić information content (AvgIpc) is 2.25. The monoisotopic (exact) mass is 211 g/mol. The lowest BCUT2D eigenvalue weighted by atomic mass is 10.2. The highest BCUT2D eigenvalue weighted by Crippen LogP contribution is 1.96. The van der Waals surface area contributed by atoms with Gasteiger partial charge in [-0.25, -0.2) is 0 Å². The second-order valence-electron chi connectivity index (χ2n) is 3.10. The summed E-state index contributed by atoms with van der Waals surface area (Å²) in [6, 6.07) is 10.2. The first-order valence-electron chi connectivity index (χ1n) is 4.92. The molecule has 0 radical (unpaired) electrons. The summed E-state index contributed by atoms with van der Waals surface area (Å²) in [5.74, 6) is 1.51. The van der Waals surface area contributed by atoms with E-state index in [2.05, 4.69) is 17.4 Å². The molecule has 14 heavy (non-hydrogen) atoms. The Kier molecular flexibility index (Phi) is 5.49. The van der Waals surface area contributed by atoms with Crippen molar-refractivity contribution in [3.05, 3.63) is 35.9 Å². The topological polar surface area (TPSA) is 29.1 Å². The third-order valence-corrected chi connectivity index (χ3v) is 3.30. The van der Waals surface area contributed by atoms with Crippen molar-refractivity contribution < 1.29 is 4.21 Å². The Morgan fingerprint density at radius 1 is 1.29 bits per heavy atom. The van der Waals surface area contributed by atoms with E-state index in [4.69, 9.17) is 0 Å². The van der Waals surface area contributed by atoms with Gasteiger partial charge in [0.15, 0.2) is 0 Å². The van der Waals surface area contributed by atoms with Crippen LogP contribution in [0.2, 0.25) is 0 Å². The summed E-state index contributed by atoms with van der Waals surface area (Å²) < 4.78 is 11.1. The van der Waals surface area contributed by atoms with Gasteiger partial charge in [0.05, 0.1) is 0 Å². The third kappa shape index (κ3) is 4.53. The minimum atomic E-state index is -0.647. The Morgan fingerprint density at radius 2 is 2.00 bits per heavy atom. The Morgan fingerprint density at radius 3 is 2.64 bits per heavy atom. The number of benzene rings is 1. The van der Waals surface area contributed by atoms with Crippen LogP contribution in [0.5, 0.6) is 0 Å². The largest absolute Gasteiger partial charge is 0.312 e. The van der Waals surface area contributed by atoms with E-state index in [1.165, 1.54) is 5.56 Å². The molecule has 1 aromatic carbocycles. The SMILES string of the molecule is CCS(=O)CCNCc1ccccc1. The fourth-order valence-electron chi connectivity index (χ4n) is 1.16. The minimum absolute atomic E-state index is 0.647. The summed E-state index contributed by atoms with van der Waals surface area (Å²) in [5, 5.41) is 3.27. The van der Waals surface area contributed by atoms with E-state index in [0.29, 0.717) is 0 Å². The molecule has 1 unspecified atom stereocenters. The molecule has 0 aromatic heterocycles. The van der Waals surface area contributed by atoms with Crippen molar-refractivity contribution >= 4 is 10.8 Å². The smallest absolute Gasteiger partial charge is 0.0360 e. The zero-order valence-corrected chi connectivity index (χ0v) is 9.35. The van der Waals surface area contributed by atoms with Crippen LogP contribution in [0.1, 0.15) is 12.5 Å². The van der Waals surface area contributed by atoms with Crippen molar-refractivity contribution in [1.82, 2.24) is 5.32 Å². The van der Waals surface area contributed by atoms with Crippen LogP contribution in [-0.4, -0.2) is 22.3 Å². The maximum absolute atomic E-state index is 11.1. The van der Waals surface area contributed by atoms with E-state index in [0.717, 1.165) is 24.6 Å². The molecule has 1 rings (SSSR count). The molecular formula is C11H17NOS. The number of hydrogen-bond acceptors (Lipinski definition) is 2. The van der Waals surface area contributed by atoms with Crippen LogP contribution < -0.4 is 5.32 Å². The summed E-state index contributed by atoms with van der Waals surface area (Å²) in [5.41, 5.74) is 1.27. The highest BCUT2D eigenvalue weighted by molar-refractivity contribution is 7.84. The fourth-order valence-corrected chi connectivity index (χ4v) is 1.82. The number of rotatable bonds is 6. The summed E-state index contributed by atoms with van der Waals surface area (Å²) in [4.78, 5) is 0. The molecule has 0 spiro atoms. The summed E-state index contributed by atoms with van der Waals surface area (Å²) in [6.45, 7) is 3.64. The van der Waals surface area contributed by atoms with Crippen molar-refractivity contribution in [3.63, 3.8) is 0 Å². The van der Waals surface area contributed by atoms with Gasteiger partial charge in [-0.2, -0.15) is 0 Å². The second kappa shape index (κ2) is 6.74. The quantitative estimate of drug-likeness (QED) is 0.723. The van der Waals surface area contributed by atoms with Crippen molar-refractivity contribution in [3.8, 4) is 0 Å². The van der Waals surface area contributed by atoms with Gasteiger partial charge in [0, 0.05) is 35.4 Å². The summed E-state index contributed by atoms with van der Waals surface area (Å²) in [6.07, 6.45) is 0. The molecule has 0 aliphatic rings. The fraction of sp³-hybridized carbons (Fsp3) is 0.455. The zero-order chi connectivity index (χ0) is 10.2. The molecule has 0 amide bonds. The molecule has 3 heteroatoms. The van der Waals surface area contributed by atoms with Gasteiger partial charge >= 0.3 is 0 Å². The van der Waals surface area contributed by atoms with Gasteiger partial charge in [-0.05, 0) is 5.56 Å². The Hall–Kier alpha value is -0.670. The van der Waals surface area contributed by atoms with Crippen LogP contribution in [-0.2, 0) is 17.3 Å². The van der Waals surface area contributed by atoms with Crippen molar-refractivity contribution in [2.45, 2.75) is 13.5 Å². The van der Waals surface area contributed by atoms with Crippen LogP contribution in [0.25, 0.3) is 0 Å². The van der Waals surface area contributed by atoms with Gasteiger partial charge < -0.3 is 5.32 Å². The van der Waals surface area contributed by atoms with E-state index in [1.807, 2.05) is 25.1 Å². The van der Waals surface area contributed by atoms with E-state index in [1.54, 1.807) is 0 Å². The standard InChI is InChI=1S/C11H17NOS/c1-2-14(13)9-8-12-10-11-6-4-3-5-7-11/h3-7,12H,2,8-10H2,1H3. The third-order valence-electron chi connectivity index (χ3n) is 2.00. The molecule has 0 saturated heterocycles. The second-order valence-corrected chi connectivity index (χ2v) is 4.96. The van der Waals surface area contributed by atoms with Crippen LogP contribution in [0.15, 0.2) is 30.3 Å². The van der Waals surface area contributed by atoms with Gasteiger partial charge in [-0.3, -0.25) is 4.21 Å². The minimum Gasteiger partial charge on any atom is -0.312 e. The Balaban J connectivity index is 2.13. The number of nitrogens with one attached hydrogen (secondary N) is 1. The molecule has 0 fully saturated rings. The van der Waals surface area contributed by atoms with E-state index < -0.39 is 10.8 Å². The molecule has 0 heterocycles. The molecule has 78 valence electrons. The van der Waals surface area contributed by atoms with Crippen molar-refractivity contribution in [1.29, 1.82) is 0 Å². The van der Waals surface area contributed by atoms with Gasteiger partial charge in [0.1, 0.15) is 0 Å². The van der Waals surface area contributed by atoms with Crippen molar-refractivity contribution in [2.24, 2.45) is 0 Å². The first-order chi connectivity index (χ1) is 6.83. The predicted octanol–water partition coefficient (Wildman–Crippen LogP) is 1.54. The molecule has 1 N–H and O–H groups in total. The first-order valence-corrected chi connectivity index (χ1v) is 6.41. The molecule has 0 aliphatic carbocycles. The lowest BCUT2D eigenvalue weighted by Gasteiger charge is -2.03. The van der Waals surface area contributed by atoms with E-state index in [9.17, 15) is 4.21 Å². The first kappa shape index (κ1) is 11.4. The van der Waals surface area contributed by atoms with Gasteiger partial charge in [0.25, 0.3) is 0 Å². The Bertz CT molecular complexity index is 274. The van der Waals surface area contributed by atoms with E-state index in [-0.39, 0.29) is 0 Å². The molecule has 0 bridgehead atoms. The maximum Gasteiger partial charge on any atom is 0.0360 e. The predicted molar refractivity (Wildman–Crippen MR) is 61.7 cm³/mol. The Labute approximate surface area is 88.2 Å². The lowest BCUT2D eigenvalue weighted by Crippen LogP contribution is -2.20. The molecule has 0 saturated carbocycles. The highest BCUT2D eigenvalue weighted by Gasteiger charge is 1.95. The normalized spacial score (nSPS) is 12.6. The molecule has 1 atom stereocenters. The molecular weight excluding hydrogens is 194 g/mol. The highest BCUT2D eigenvalue weighted by atomic mass is 32.2. The van der Waals surface area contributed by atoms with Gasteiger partial charge in [-0.1, -0.05) is 37.3 Å². The molecule has 1 aromatic rings. The lowest BCUT2D eigenvalue weighted by molar-refractivity contribution is 0.674. The molecule has 2 nitrogen and oxygen atoms in total. The van der Waals surface area contributed by atoms with Crippen molar-refractivity contribution in [2.75, 3.05) is 18.1 Å². The average molecular weight is 211 g/mol. The molecule has 0 aliphatic heterocycles. The van der Waals surface area contributed by atoms with E-state index >= 15 is 0 Å². The van der Waals surface area contributed by atoms with Crippen LogP contribution in [0.3, 0.4) is 0 Å². The summed E-state index contributed by atoms with van der Waals surface area (Å²) in [7, 11) is -0.647. The van der Waals surface area contributed by atoms with Gasteiger partial charge in [0.2, 0.25) is 0 Å². The summed E-state index contributed by atoms with van der Waals surface area (Å²) >= 11 is 0. The maximum atomic E-state index is 11.1. The van der Waals surface area contributed by atoms with Crippen LogP contribution in [0, 0.1) is 0 Å². The van der Waals surface area contributed by atoms with Gasteiger partial charge in [-0.15, -0.1) is 0 Å². The zero-order valence-electron chi connectivity index (χ0n) is 8.53. The number of hydrogen-bond donors (Lipinski definition) is 1. The van der Waals surface area contributed by atoms with Crippen LogP contribution in [0.4, 0.5) is 0 Å².